The fourth-order valence-corrected chi connectivity index (χ4v) is 5.68. The van der Waals surface area contributed by atoms with Gasteiger partial charge >= 0.3 is 12.1 Å². The van der Waals surface area contributed by atoms with Gasteiger partial charge in [-0.3, -0.25) is 4.79 Å². The topological polar surface area (TPSA) is 73.0 Å². The van der Waals surface area contributed by atoms with E-state index >= 15 is 0 Å². The number of rotatable bonds is 2. The maximum atomic E-state index is 13.5. The molecule has 6 rings (SSSR count). The largest absolute Gasteiger partial charge is 0.332 e. The number of amides is 5. The van der Waals surface area contributed by atoms with E-state index < -0.39 is 6.04 Å². The fourth-order valence-electron chi connectivity index (χ4n) is 5.43. The van der Waals surface area contributed by atoms with Crippen LogP contribution in [0.4, 0.5) is 21.0 Å². The summed E-state index contributed by atoms with van der Waals surface area (Å²) in [6, 6.07) is 17.3. The molecule has 33 heavy (non-hydrogen) atoms. The van der Waals surface area contributed by atoms with Crippen molar-refractivity contribution in [3.8, 4) is 0 Å². The van der Waals surface area contributed by atoms with E-state index in [-0.39, 0.29) is 30.1 Å². The van der Waals surface area contributed by atoms with E-state index in [1.165, 1.54) is 4.90 Å². The Balaban J connectivity index is 1.28. The minimum absolute atomic E-state index is 0.158. The van der Waals surface area contributed by atoms with Crippen molar-refractivity contribution < 1.29 is 14.4 Å². The molecule has 3 aliphatic heterocycles. The van der Waals surface area contributed by atoms with Crippen LogP contribution in [0, 0.1) is 6.92 Å². The maximum absolute atomic E-state index is 13.5. The van der Waals surface area contributed by atoms with Gasteiger partial charge in [0.25, 0.3) is 5.91 Å². The predicted octanol–water partition coefficient (Wildman–Crippen LogP) is 4.74. The molecular formula is C25H21BrN4O3. The van der Waals surface area contributed by atoms with Gasteiger partial charge in [-0.1, -0.05) is 52.3 Å². The molecule has 7 nitrogen and oxygen atoms in total. The van der Waals surface area contributed by atoms with Crippen LogP contribution in [0.1, 0.15) is 12.0 Å². The summed E-state index contributed by atoms with van der Waals surface area (Å²) in [5.74, 6) is -0.263. The molecule has 3 heterocycles. The number of hydrogen-bond donors (Lipinski definition) is 1. The molecule has 1 unspecified atom stereocenters. The number of urea groups is 2. The normalized spacial score (nSPS) is 23.6. The molecule has 0 aromatic heterocycles. The van der Waals surface area contributed by atoms with Crippen molar-refractivity contribution in [3.63, 3.8) is 0 Å². The van der Waals surface area contributed by atoms with Crippen molar-refractivity contribution in [2.24, 2.45) is 0 Å². The van der Waals surface area contributed by atoms with E-state index in [0.717, 1.165) is 20.8 Å². The first-order valence-corrected chi connectivity index (χ1v) is 11.7. The van der Waals surface area contributed by atoms with Gasteiger partial charge in [-0.15, -0.1) is 0 Å². The fraction of sp³-hybridized carbons (Fsp3) is 0.240. The second-order valence-electron chi connectivity index (χ2n) is 8.81. The van der Waals surface area contributed by atoms with Crippen molar-refractivity contribution in [3.05, 3.63) is 70.7 Å². The van der Waals surface area contributed by atoms with Crippen molar-refractivity contribution >= 4 is 56.0 Å². The van der Waals surface area contributed by atoms with Gasteiger partial charge in [0.1, 0.15) is 6.04 Å². The highest BCUT2D eigenvalue weighted by atomic mass is 79.9. The van der Waals surface area contributed by atoms with Crippen molar-refractivity contribution in [2.45, 2.75) is 31.5 Å². The molecule has 1 N–H and O–H groups in total. The number of benzene rings is 3. The van der Waals surface area contributed by atoms with Crippen molar-refractivity contribution in [2.75, 3.05) is 16.8 Å². The van der Waals surface area contributed by atoms with E-state index in [1.807, 2.05) is 67.6 Å². The molecule has 3 atom stereocenters. The number of piperazine rings is 1. The van der Waals surface area contributed by atoms with Crippen LogP contribution in [0.15, 0.2) is 65.1 Å². The van der Waals surface area contributed by atoms with Gasteiger partial charge in [0.15, 0.2) is 0 Å². The summed E-state index contributed by atoms with van der Waals surface area (Å²) in [5.41, 5.74) is 2.31. The molecule has 0 spiro atoms. The number of fused-ring (bicyclic) bond motifs is 6. The second-order valence-corrected chi connectivity index (χ2v) is 9.66. The zero-order valence-electron chi connectivity index (χ0n) is 17.9. The predicted molar refractivity (Wildman–Crippen MR) is 129 cm³/mol. The van der Waals surface area contributed by atoms with Gasteiger partial charge in [0.05, 0.1) is 17.8 Å². The molecule has 3 aromatic rings. The van der Waals surface area contributed by atoms with Crippen LogP contribution in [0.5, 0.6) is 0 Å². The number of nitrogens with one attached hydrogen (secondary N) is 1. The molecule has 5 amide bonds. The van der Waals surface area contributed by atoms with E-state index in [1.54, 1.807) is 9.80 Å². The van der Waals surface area contributed by atoms with E-state index in [4.69, 9.17) is 0 Å². The number of carbonyl (C=O) groups excluding carboxylic acids is 3. The lowest BCUT2D eigenvalue weighted by Gasteiger charge is -2.34. The van der Waals surface area contributed by atoms with Crippen LogP contribution in [0.2, 0.25) is 0 Å². The lowest BCUT2D eigenvalue weighted by Crippen LogP contribution is -2.55. The summed E-state index contributed by atoms with van der Waals surface area (Å²) in [6.07, 6.45) is 0.623. The van der Waals surface area contributed by atoms with E-state index in [0.29, 0.717) is 24.3 Å². The summed E-state index contributed by atoms with van der Waals surface area (Å²) in [5, 5.41) is 4.77. The molecule has 2 bridgehead atoms. The number of likely N-dealkylation sites (tertiary alicyclic amines) is 1. The Bertz CT molecular complexity index is 1340. The van der Waals surface area contributed by atoms with Gasteiger partial charge in [-0.05, 0) is 48.6 Å². The van der Waals surface area contributed by atoms with Crippen molar-refractivity contribution in [1.82, 2.24) is 9.80 Å². The lowest BCUT2D eigenvalue weighted by atomic mass is 10.1. The number of anilines is 2. The quantitative estimate of drug-likeness (QED) is 0.512. The Kier molecular flexibility index (Phi) is 4.48. The molecule has 0 saturated carbocycles. The molecule has 0 aliphatic carbocycles. The second kappa shape index (κ2) is 7.31. The van der Waals surface area contributed by atoms with Gasteiger partial charge in [-0.2, -0.15) is 0 Å². The molecule has 8 heteroatoms. The average Bonchev–Trinajstić information content (AvgIpc) is 3.47. The van der Waals surface area contributed by atoms with Crippen LogP contribution in [-0.2, 0) is 4.79 Å². The number of carbonyl (C=O) groups is 3. The molecule has 3 fully saturated rings. The van der Waals surface area contributed by atoms with Crippen LogP contribution in [-0.4, -0.2) is 52.4 Å². The third-order valence-electron chi connectivity index (χ3n) is 6.94. The maximum Gasteiger partial charge on any atom is 0.332 e. The first-order chi connectivity index (χ1) is 15.9. The third-order valence-corrected chi connectivity index (χ3v) is 7.83. The molecule has 3 aromatic carbocycles. The summed E-state index contributed by atoms with van der Waals surface area (Å²) in [7, 11) is 0. The zero-order valence-corrected chi connectivity index (χ0v) is 19.5. The van der Waals surface area contributed by atoms with Gasteiger partial charge < -0.3 is 15.1 Å². The highest BCUT2D eigenvalue weighted by Gasteiger charge is 2.63. The van der Waals surface area contributed by atoms with Gasteiger partial charge in [0, 0.05) is 22.1 Å². The third kappa shape index (κ3) is 2.97. The Morgan fingerprint density at radius 2 is 1.85 bits per heavy atom. The zero-order chi connectivity index (χ0) is 22.9. The molecule has 3 saturated heterocycles. The molecule has 3 aliphatic rings. The van der Waals surface area contributed by atoms with Crippen LogP contribution in [0.3, 0.4) is 0 Å². The Labute approximate surface area is 199 Å². The monoisotopic (exact) mass is 504 g/mol. The van der Waals surface area contributed by atoms with Crippen molar-refractivity contribution in [1.29, 1.82) is 0 Å². The Hall–Kier alpha value is -3.39. The first kappa shape index (κ1) is 20.2. The summed E-state index contributed by atoms with van der Waals surface area (Å²) < 4.78 is 0.972. The number of aryl methyl sites for hydroxylation is 1. The SMILES string of the molecule is Cc1cc(NC(=O)N2C[C@H]3CC2[C@@H]2C(=O)N(c4cccc5ccccc45)C(=O)N32)ccc1Br. The minimum atomic E-state index is -0.646. The molecule has 0 radical (unpaired) electrons. The minimum Gasteiger partial charge on any atom is -0.317 e. The Morgan fingerprint density at radius 3 is 2.67 bits per heavy atom. The van der Waals surface area contributed by atoms with Crippen LogP contribution < -0.4 is 10.2 Å². The summed E-state index contributed by atoms with van der Waals surface area (Å²) >= 11 is 3.47. The first-order valence-electron chi connectivity index (χ1n) is 10.9. The van der Waals surface area contributed by atoms with Gasteiger partial charge in [-0.25, -0.2) is 14.5 Å². The van der Waals surface area contributed by atoms with Gasteiger partial charge in [0.2, 0.25) is 0 Å². The molecular weight excluding hydrogens is 484 g/mol. The van der Waals surface area contributed by atoms with E-state index in [2.05, 4.69) is 21.2 Å². The highest BCUT2D eigenvalue weighted by Crippen LogP contribution is 2.43. The number of halogens is 1. The average molecular weight is 505 g/mol. The van der Waals surface area contributed by atoms with E-state index in [9.17, 15) is 14.4 Å². The van der Waals surface area contributed by atoms with Crippen LogP contribution >= 0.6 is 15.9 Å². The Morgan fingerprint density at radius 1 is 1.06 bits per heavy atom. The summed E-state index contributed by atoms with van der Waals surface area (Å²) in [4.78, 5) is 44.7. The lowest BCUT2D eigenvalue weighted by molar-refractivity contribution is -0.120. The highest BCUT2D eigenvalue weighted by molar-refractivity contribution is 9.10. The molecule has 166 valence electrons. The van der Waals surface area contributed by atoms with Crippen LogP contribution in [0.25, 0.3) is 10.8 Å². The standard InChI is InChI=1S/C25H21BrN4O3/c1-14-11-16(9-10-19(14)26)27-24(32)28-13-17-12-21(28)22-23(31)30(25(33)29(17)22)20-8-4-6-15-5-2-3-7-18(15)20/h2-11,17,21-22H,12-13H2,1H3,(H,27,32)/t17-,21?,22-/m1/s1. The number of imide groups is 1. The number of nitrogens with zero attached hydrogens (tertiary/aromatic N) is 3. The number of hydrogen-bond acceptors (Lipinski definition) is 3. The smallest absolute Gasteiger partial charge is 0.317 e. The summed E-state index contributed by atoms with van der Waals surface area (Å²) in [6.45, 7) is 2.38.